The van der Waals surface area contributed by atoms with Crippen molar-refractivity contribution in [2.75, 3.05) is 32.8 Å². The molecule has 2 aliphatic rings. The Morgan fingerprint density at radius 1 is 0.977 bits per heavy atom. The summed E-state index contributed by atoms with van der Waals surface area (Å²) in [5.41, 5.74) is -2.70. The van der Waals surface area contributed by atoms with Gasteiger partial charge >= 0.3 is 12.4 Å². The molecule has 2 saturated heterocycles. The molecule has 0 aliphatic carbocycles. The van der Waals surface area contributed by atoms with Crippen molar-refractivity contribution >= 4 is 40.3 Å². The molecule has 0 spiro atoms. The molecule has 0 atom stereocenters. The average Bonchev–Trinajstić information content (AvgIpc) is 3.73. The van der Waals surface area contributed by atoms with E-state index in [2.05, 4.69) is 25.5 Å². The van der Waals surface area contributed by atoms with Crippen LogP contribution in [0.2, 0.25) is 0 Å². The van der Waals surface area contributed by atoms with Crippen LogP contribution in [0.1, 0.15) is 41.8 Å². The number of carbonyl (C=O) groups is 1. The van der Waals surface area contributed by atoms with Gasteiger partial charge < -0.3 is 4.74 Å². The van der Waals surface area contributed by atoms with Crippen molar-refractivity contribution in [1.82, 2.24) is 30.4 Å². The second kappa shape index (κ2) is 13.2. The number of hydrogen-bond acceptors (Lipinski definition) is 8. The molecule has 3 heterocycles. The number of rotatable bonds is 10. The predicted molar refractivity (Wildman–Crippen MR) is 155 cm³/mol. The van der Waals surface area contributed by atoms with Gasteiger partial charge in [0.05, 0.1) is 16.0 Å². The van der Waals surface area contributed by atoms with Gasteiger partial charge in [-0.2, -0.15) is 31.6 Å². The Kier molecular flexibility index (Phi) is 9.60. The summed E-state index contributed by atoms with van der Waals surface area (Å²) < 4.78 is 87.6. The van der Waals surface area contributed by atoms with Crippen LogP contribution in [-0.2, 0) is 23.6 Å². The molecule has 2 aliphatic heterocycles. The van der Waals surface area contributed by atoms with Gasteiger partial charge in [-0.05, 0) is 79.9 Å². The van der Waals surface area contributed by atoms with Gasteiger partial charge in [-0.25, -0.2) is 0 Å². The monoisotopic (exact) mass is 656 g/mol. The minimum Gasteiger partial charge on any atom is -0.492 e. The van der Waals surface area contributed by atoms with Crippen molar-refractivity contribution in [1.29, 1.82) is 0 Å². The third-order valence-corrected chi connectivity index (χ3v) is 8.50. The van der Waals surface area contributed by atoms with Crippen LogP contribution < -0.4 is 4.74 Å². The fraction of sp³-hybridized carbons (Fsp3) is 0.393. The molecule has 1 aromatic heterocycles. The van der Waals surface area contributed by atoms with E-state index in [1.807, 2.05) is 0 Å². The van der Waals surface area contributed by atoms with Crippen molar-refractivity contribution in [3.8, 4) is 16.9 Å². The number of benzene rings is 2. The number of tetrazole rings is 1. The van der Waals surface area contributed by atoms with Crippen molar-refractivity contribution < 1.29 is 35.9 Å². The maximum atomic E-state index is 13.5. The van der Waals surface area contributed by atoms with E-state index in [0.29, 0.717) is 66.1 Å². The predicted octanol–water partition coefficient (Wildman–Crippen LogP) is 6.21. The molecule has 8 nitrogen and oxygen atoms in total. The molecule has 2 fully saturated rings. The maximum absolute atomic E-state index is 13.5. The molecule has 234 valence electrons. The summed E-state index contributed by atoms with van der Waals surface area (Å²) in [7, 11) is 0. The van der Waals surface area contributed by atoms with Crippen molar-refractivity contribution in [2.45, 2.75) is 38.0 Å². The lowest BCUT2D eigenvalue weighted by Crippen LogP contribution is -2.29. The summed E-state index contributed by atoms with van der Waals surface area (Å²) in [6.07, 6.45) is -5.32. The Balaban J connectivity index is 1.45. The number of aromatic nitrogens is 4. The Bertz CT molecular complexity index is 1510. The quantitative estimate of drug-likeness (QED) is 0.157. The number of ether oxygens (including phenoxy) is 1. The van der Waals surface area contributed by atoms with E-state index in [4.69, 9.17) is 17.0 Å². The normalized spacial score (nSPS) is 17.3. The van der Waals surface area contributed by atoms with E-state index in [1.165, 1.54) is 29.2 Å². The first-order chi connectivity index (χ1) is 20.9. The zero-order valence-corrected chi connectivity index (χ0v) is 24.7. The second-order valence-electron chi connectivity index (χ2n) is 10.2. The Morgan fingerprint density at radius 2 is 1.68 bits per heavy atom. The van der Waals surface area contributed by atoms with E-state index in [0.717, 1.165) is 37.7 Å². The van der Waals surface area contributed by atoms with Crippen molar-refractivity contribution in [3.63, 3.8) is 0 Å². The van der Waals surface area contributed by atoms with Gasteiger partial charge in [0.2, 0.25) is 0 Å². The highest BCUT2D eigenvalue weighted by Crippen LogP contribution is 2.40. The first kappa shape index (κ1) is 31.9. The number of halogens is 6. The zero-order valence-electron chi connectivity index (χ0n) is 23.0. The first-order valence-corrected chi connectivity index (χ1v) is 14.9. The fourth-order valence-electron chi connectivity index (χ4n) is 4.90. The van der Waals surface area contributed by atoms with E-state index < -0.39 is 23.5 Å². The van der Waals surface area contributed by atoms with Crippen LogP contribution in [0.4, 0.5) is 26.3 Å². The standard InChI is InChI=1S/C28H26F6N6O2S2/c29-27(30,31)20-13-18(14-21(16-20)28(32,33)34)17-5-6-22(42-11-10-39-7-1-2-8-39)19(12-17)15-23-25(41)40(26(43)44-23)9-3-4-24-35-37-38-36-24/h5-6,12-16H,1-4,7-11H2,(H,35,36,37,38)/b23-15-. The molecule has 0 unspecified atom stereocenters. The lowest BCUT2D eigenvalue weighted by atomic mass is 9.97. The van der Waals surface area contributed by atoms with Crippen LogP contribution >= 0.6 is 24.0 Å². The third kappa shape index (κ3) is 7.77. The molecule has 2 aromatic carbocycles. The molecule has 44 heavy (non-hydrogen) atoms. The van der Waals surface area contributed by atoms with Gasteiger partial charge in [-0.15, -0.1) is 10.2 Å². The van der Waals surface area contributed by atoms with Crippen LogP contribution in [0.25, 0.3) is 17.2 Å². The number of H-pyrrole nitrogens is 1. The third-order valence-electron chi connectivity index (χ3n) is 7.13. The summed E-state index contributed by atoms with van der Waals surface area (Å²) in [5.74, 6) is 0.445. The fourth-order valence-corrected chi connectivity index (χ4v) is 6.20. The molecule has 16 heteroatoms. The molecular weight excluding hydrogens is 630 g/mol. The van der Waals surface area contributed by atoms with Gasteiger partial charge in [0.1, 0.15) is 16.7 Å². The van der Waals surface area contributed by atoms with Crippen LogP contribution in [0, 0.1) is 0 Å². The number of thioether (sulfide) groups is 1. The maximum Gasteiger partial charge on any atom is 0.416 e. The van der Waals surface area contributed by atoms with Gasteiger partial charge in [-0.1, -0.05) is 35.3 Å². The Hall–Kier alpha value is -3.50. The minimum atomic E-state index is -4.99. The zero-order chi connectivity index (χ0) is 31.5. The van der Waals surface area contributed by atoms with E-state index in [1.54, 1.807) is 0 Å². The van der Waals surface area contributed by atoms with E-state index >= 15 is 0 Å². The number of amides is 1. The molecule has 3 aromatic rings. The first-order valence-electron chi connectivity index (χ1n) is 13.7. The van der Waals surface area contributed by atoms with Crippen LogP contribution in [0.15, 0.2) is 41.3 Å². The highest BCUT2D eigenvalue weighted by atomic mass is 32.2. The summed E-state index contributed by atoms with van der Waals surface area (Å²) in [5, 5.41) is 13.6. The molecule has 5 rings (SSSR count). The van der Waals surface area contributed by atoms with Gasteiger partial charge in [0.25, 0.3) is 5.91 Å². The molecule has 1 amide bonds. The van der Waals surface area contributed by atoms with Gasteiger partial charge in [-0.3, -0.25) is 14.6 Å². The highest BCUT2D eigenvalue weighted by Gasteiger charge is 2.37. The number of aryl methyl sites for hydroxylation is 1. The van der Waals surface area contributed by atoms with Crippen LogP contribution in [0.5, 0.6) is 5.75 Å². The van der Waals surface area contributed by atoms with Gasteiger partial charge in [0, 0.05) is 25.1 Å². The lowest BCUT2D eigenvalue weighted by molar-refractivity contribution is -0.143. The number of thiocarbonyl (C=S) groups is 1. The number of nitrogens with zero attached hydrogens (tertiary/aromatic N) is 5. The summed E-state index contributed by atoms with van der Waals surface area (Å²) in [6, 6.07) is 5.75. The largest absolute Gasteiger partial charge is 0.492 e. The van der Waals surface area contributed by atoms with E-state index in [9.17, 15) is 31.1 Å². The molecule has 0 saturated carbocycles. The average molecular weight is 657 g/mol. The Labute approximate surface area is 257 Å². The van der Waals surface area contributed by atoms with Crippen molar-refractivity contribution in [2.24, 2.45) is 0 Å². The number of aromatic amines is 1. The summed E-state index contributed by atoms with van der Waals surface area (Å²) in [6.45, 7) is 3.13. The number of hydrogen-bond donors (Lipinski definition) is 1. The number of nitrogens with one attached hydrogen (secondary N) is 1. The SMILES string of the molecule is O=C1/C(=C/c2cc(-c3cc(C(F)(F)F)cc(C(F)(F)F)c3)ccc2OCCN2CCCC2)SC(=S)N1CCCc1nn[nH]n1. The topological polar surface area (TPSA) is 87.2 Å². The number of carbonyl (C=O) groups excluding carboxylic acids is 1. The van der Waals surface area contributed by atoms with E-state index in [-0.39, 0.29) is 28.0 Å². The second-order valence-corrected chi connectivity index (χ2v) is 11.9. The summed E-state index contributed by atoms with van der Waals surface area (Å²) in [4.78, 5) is 17.2. The number of likely N-dealkylation sites (tertiary alicyclic amines) is 1. The van der Waals surface area contributed by atoms with Crippen LogP contribution in [-0.4, -0.2) is 73.4 Å². The smallest absolute Gasteiger partial charge is 0.416 e. The molecular formula is C28H26F6N6O2S2. The highest BCUT2D eigenvalue weighted by molar-refractivity contribution is 8.26. The number of alkyl halides is 6. The lowest BCUT2D eigenvalue weighted by Gasteiger charge is -2.17. The van der Waals surface area contributed by atoms with Gasteiger partial charge in [0.15, 0.2) is 5.82 Å². The minimum absolute atomic E-state index is 0.0876. The van der Waals surface area contributed by atoms with Crippen LogP contribution in [0.3, 0.4) is 0 Å². The summed E-state index contributed by atoms with van der Waals surface area (Å²) >= 11 is 6.47. The Morgan fingerprint density at radius 3 is 2.32 bits per heavy atom. The molecule has 1 N–H and O–H groups in total. The molecule has 0 radical (unpaired) electrons. The molecule has 0 bridgehead atoms. The van der Waals surface area contributed by atoms with Crippen molar-refractivity contribution in [3.05, 3.63) is 63.8 Å².